The highest BCUT2D eigenvalue weighted by atomic mass is 16.6. The molecular weight excluding hydrogens is 274 g/mol. The molecule has 1 atom stereocenters. The lowest BCUT2D eigenvalue weighted by Crippen LogP contribution is -2.35. The Morgan fingerprint density at radius 3 is 2.81 bits per heavy atom. The zero-order valence-electron chi connectivity index (χ0n) is 11.7. The van der Waals surface area contributed by atoms with Crippen molar-refractivity contribution >= 4 is 17.5 Å². The topological polar surface area (TPSA) is 113 Å². The van der Waals surface area contributed by atoms with Crippen LogP contribution in [0.3, 0.4) is 0 Å². The van der Waals surface area contributed by atoms with Crippen LogP contribution in [0.2, 0.25) is 0 Å². The van der Waals surface area contributed by atoms with E-state index in [4.69, 9.17) is 5.84 Å². The van der Waals surface area contributed by atoms with Crippen molar-refractivity contribution in [2.75, 3.05) is 36.5 Å². The molecule has 1 aromatic heterocycles. The van der Waals surface area contributed by atoms with Crippen LogP contribution in [-0.4, -0.2) is 52.0 Å². The van der Waals surface area contributed by atoms with Crippen molar-refractivity contribution in [3.05, 3.63) is 16.3 Å². The first kappa shape index (κ1) is 14.0. The maximum absolute atomic E-state index is 11.2. The number of nitrogens with two attached hydrogens (primary N) is 1. The minimum Gasteiger partial charge on any atom is -0.349 e. The van der Waals surface area contributed by atoms with E-state index in [-0.39, 0.29) is 11.6 Å². The average Bonchev–Trinajstić information content (AvgIpc) is 3.17. The molecule has 2 aliphatic heterocycles. The highest BCUT2D eigenvalue weighted by Crippen LogP contribution is 2.30. The van der Waals surface area contributed by atoms with Crippen molar-refractivity contribution in [2.24, 2.45) is 5.84 Å². The Balaban J connectivity index is 1.81. The van der Waals surface area contributed by atoms with Gasteiger partial charge in [0.1, 0.15) is 6.20 Å². The van der Waals surface area contributed by atoms with Crippen LogP contribution in [0.15, 0.2) is 6.20 Å². The summed E-state index contributed by atoms with van der Waals surface area (Å²) in [5.74, 6) is 5.84. The summed E-state index contributed by atoms with van der Waals surface area (Å²) in [7, 11) is 0. The van der Waals surface area contributed by atoms with E-state index in [9.17, 15) is 10.1 Å². The number of hydrogen-bond acceptors (Lipinski definition) is 8. The second-order valence-corrected chi connectivity index (χ2v) is 5.44. The molecule has 0 saturated carbocycles. The normalized spacial score (nSPS) is 22.7. The molecule has 2 aliphatic rings. The molecule has 3 N–H and O–H groups in total. The summed E-state index contributed by atoms with van der Waals surface area (Å²) >= 11 is 0. The number of nitro groups is 1. The highest BCUT2D eigenvalue weighted by molar-refractivity contribution is 5.59. The molecule has 0 amide bonds. The van der Waals surface area contributed by atoms with Gasteiger partial charge < -0.3 is 4.90 Å². The van der Waals surface area contributed by atoms with Gasteiger partial charge in [-0.05, 0) is 32.4 Å². The lowest BCUT2D eigenvalue weighted by atomic mass is 10.2. The second kappa shape index (κ2) is 5.78. The van der Waals surface area contributed by atoms with E-state index < -0.39 is 4.92 Å². The van der Waals surface area contributed by atoms with Crippen molar-refractivity contribution in [3.63, 3.8) is 0 Å². The number of nitrogens with one attached hydrogen (secondary N) is 1. The van der Waals surface area contributed by atoms with Gasteiger partial charge >= 0.3 is 5.69 Å². The van der Waals surface area contributed by atoms with Crippen LogP contribution >= 0.6 is 0 Å². The molecule has 3 rings (SSSR count). The molecule has 2 fully saturated rings. The minimum atomic E-state index is -0.446. The van der Waals surface area contributed by atoms with Crippen molar-refractivity contribution in [3.8, 4) is 0 Å². The van der Waals surface area contributed by atoms with Gasteiger partial charge in [0.05, 0.1) is 4.92 Å². The zero-order valence-corrected chi connectivity index (χ0v) is 11.7. The number of anilines is 2. The SMILES string of the molecule is NNc1ncc([N+](=O)[O-])c(N2CCC(N3CCCC3)C2)n1. The number of likely N-dealkylation sites (tertiary alicyclic amines) is 1. The number of nitrogens with zero attached hydrogens (tertiary/aromatic N) is 5. The third-order valence-electron chi connectivity index (χ3n) is 4.20. The fraction of sp³-hybridized carbons (Fsp3) is 0.667. The van der Waals surface area contributed by atoms with E-state index in [0.29, 0.717) is 11.9 Å². The summed E-state index contributed by atoms with van der Waals surface area (Å²) in [6, 6.07) is 0.455. The second-order valence-electron chi connectivity index (χ2n) is 5.44. The first-order valence-electron chi connectivity index (χ1n) is 7.16. The molecule has 0 radical (unpaired) electrons. The number of nitrogen functional groups attached to an aromatic ring is 1. The van der Waals surface area contributed by atoms with Gasteiger partial charge in [0.2, 0.25) is 11.8 Å². The van der Waals surface area contributed by atoms with Crippen LogP contribution < -0.4 is 16.2 Å². The van der Waals surface area contributed by atoms with E-state index in [0.717, 1.165) is 32.6 Å². The van der Waals surface area contributed by atoms with Crippen molar-refractivity contribution in [1.82, 2.24) is 14.9 Å². The largest absolute Gasteiger partial charge is 0.349 e. The number of aromatic nitrogens is 2. The predicted octanol–water partition coefficient (Wildman–Crippen LogP) is 0.345. The summed E-state index contributed by atoms with van der Waals surface area (Å²) in [6.07, 6.45) is 4.70. The van der Waals surface area contributed by atoms with Crippen LogP contribution in [0, 0.1) is 10.1 Å². The van der Waals surface area contributed by atoms with Gasteiger partial charge in [-0.25, -0.2) is 10.8 Å². The van der Waals surface area contributed by atoms with E-state index in [1.165, 1.54) is 19.0 Å². The minimum absolute atomic E-state index is 0.0731. The first-order valence-corrected chi connectivity index (χ1v) is 7.16. The molecule has 21 heavy (non-hydrogen) atoms. The maximum Gasteiger partial charge on any atom is 0.329 e. The van der Waals surface area contributed by atoms with Gasteiger partial charge in [0.25, 0.3) is 0 Å². The molecule has 0 aromatic carbocycles. The summed E-state index contributed by atoms with van der Waals surface area (Å²) < 4.78 is 0. The molecule has 3 heterocycles. The van der Waals surface area contributed by atoms with E-state index in [2.05, 4.69) is 20.3 Å². The third-order valence-corrected chi connectivity index (χ3v) is 4.20. The fourth-order valence-electron chi connectivity index (χ4n) is 3.14. The standard InChI is InChI=1S/C12H19N7O2/c13-16-12-14-7-10(19(20)21)11(15-12)18-6-3-9(8-18)17-4-1-2-5-17/h7,9H,1-6,8,13H2,(H,14,15,16). The summed E-state index contributed by atoms with van der Waals surface area (Å²) in [6.45, 7) is 3.78. The van der Waals surface area contributed by atoms with Gasteiger partial charge in [-0.1, -0.05) is 0 Å². The maximum atomic E-state index is 11.2. The Labute approximate surface area is 122 Å². The average molecular weight is 293 g/mol. The zero-order chi connectivity index (χ0) is 14.8. The Morgan fingerprint density at radius 2 is 2.14 bits per heavy atom. The van der Waals surface area contributed by atoms with E-state index in [1.54, 1.807) is 0 Å². The van der Waals surface area contributed by atoms with Crippen LogP contribution in [0.25, 0.3) is 0 Å². The van der Waals surface area contributed by atoms with Crippen LogP contribution in [0.4, 0.5) is 17.5 Å². The molecule has 0 spiro atoms. The summed E-state index contributed by atoms with van der Waals surface area (Å²) in [4.78, 5) is 23.1. The van der Waals surface area contributed by atoms with Gasteiger partial charge in [0, 0.05) is 19.1 Å². The molecule has 0 bridgehead atoms. The Bertz CT molecular complexity index is 532. The van der Waals surface area contributed by atoms with Gasteiger partial charge in [0.15, 0.2) is 0 Å². The van der Waals surface area contributed by atoms with E-state index >= 15 is 0 Å². The molecule has 1 aromatic rings. The highest BCUT2D eigenvalue weighted by Gasteiger charge is 2.33. The third kappa shape index (κ3) is 2.74. The lowest BCUT2D eigenvalue weighted by molar-refractivity contribution is -0.384. The smallest absolute Gasteiger partial charge is 0.329 e. The Morgan fingerprint density at radius 1 is 1.38 bits per heavy atom. The van der Waals surface area contributed by atoms with E-state index in [1.807, 2.05) is 4.90 Å². The Hall–Kier alpha value is -2.00. The molecular formula is C12H19N7O2. The monoisotopic (exact) mass is 293 g/mol. The van der Waals surface area contributed by atoms with Crippen molar-refractivity contribution in [1.29, 1.82) is 0 Å². The van der Waals surface area contributed by atoms with Crippen molar-refractivity contribution in [2.45, 2.75) is 25.3 Å². The predicted molar refractivity (Wildman–Crippen MR) is 77.9 cm³/mol. The molecule has 9 heteroatoms. The first-order chi connectivity index (χ1) is 10.2. The van der Waals surface area contributed by atoms with Gasteiger partial charge in [-0.15, -0.1) is 0 Å². The Kier molecular flexibility index (Phi) is 3.84. The van der Waals surface area contributed by atoms with Gasteiger partial charge in [-0.2, -0.15) is 4.98 Å². The molecule has 114 valence electrons. The molecule has 1 unspecified atom stereocenters. The number of hydrazine groups is 1. The van der Waals surface area contributed by atoms with Gasteiger partial charge in [-0.3, -0.25) is 20.4 Å². The summed E-state index contributed by atoms with van der Waals surface area (Å²) in [5, 5.41) is 11.2. The molecule has 0 aliphatic carbocycles. The fourth-order valence-corrected chi connectivity index (χ4v) is 3.14. The number of hydrogen-bond donors (Lipinski definition) is 2. The molecule has 9 nitrogen and oxygen atoms in total. The van der Waals surface area contributed by atoms with Crippen LogP contribution in [0.1, 0.15) is 19.3 Å². The summed E-state index contributed by atoms with van der Waals surface area (Å²) in [5.41, 5.74) is 2.27. The van der Waals surface area contributed by atoms with Crippen LogP contribution in [0.5, 0.6) is 0 Å². The number of rotatable bonds is 4. The molecule has 2 saturated heterocycles. The van der Waals surface area contributed by atoms with Crippen molar-refractivity contribution < 1.29 is 4.92 Å². The quantitative estimate of drug-likeness (QED) is 0.464. The van der Waals surface area contributed by atoms with Crippen LogP contribution in [-0.2, 0) is 0 Å². The lowest BCUT2D eigenvalue weighted by Gasteiger charge is -2.23.